The third-order valence-electron chi connectivity index (χ3n) is 5.42. The summed E-state index contributed by atoms with van der Waals surface area (Å²) in [4.78, 5) is 28.8. The van der Waals surface area contributed by atoms with Gasteiger partial charge in [-0.1, -0.05) is 19.3 Å². The zero-order valence-corrected chi connectivity index (χ0v) is 15.8. The van der Waals surface area contributed by atoms with Gasteiger partial charge in [-0.2, -0.15) is 0 Å². The summed E-state index contributed by atoms with van der Waals surface area (Å²) < 4.78 is 11.0. The van der Waals surface area contributed by atoms with Gasteiger partial charge < -0.3 is 19.4 Å². The lowest BCUT2D eigenvalue weighted by atomic mass is 9.79. The number of furan rings is 1. The molecule has 0 bridgehead atoms. The van der Waals surface area contributed by atoms with Crippen LogP contribution in [0.4, 0.5) is 0 Å². The molecule has 1 N–H and O–H groups in total. The minimum atomic E-state index is -0.434. The van der Waals surface area contributed by atoms with Crippen molar-refractivity contribution in [2.45, 2.75) is 44.2 Å². The first kappa shape index (κ1) is 18.9. The molecule has 26 heavy (non-hydrogen) atoms. The Labute approximate surface area is 154 Å². The largest absolute Gasteiger partial charge is 0.454 e. The van der Waals surface area contributed by atoms with Gasteiger partial charge in [0.15, 0.2) is 5.76 Å². The molecule has 1 aliphatic heterocycles. The topological polar surface area (TPSA) is 75.0 Å². The molecule has 1 saturated carbocycles. The van der Waals surface area contributed by atoms with E-state index in [1.807, 2.05) is 0 Å². The predicted molar refractivity (Wildman–Crippen MR) is 96.8 cm³/mol. The van der Waals surface area contributed by atoms with Gasteiger partial charge in [-0.25, -0.2) is 0 Å². The van der Waals surface area contributed by atoms with Crippen LogP contribution in [0.1, 0.15) is 48.4 Å². The van der Waals surface area contributed by atoms with Crippen LogP contribution in [-0.2, 0) is 16.1 Å². The zero-order valence-electron chi connectivity index (χ0n) is 15.8. The van der Waals surface area contributed by atoms with Gasteiger partial charge >= 0.3 is 0 Å². The minimum absolute atomic E-state index is 0.0657. The number of amides is 2. The summed E-state index contributed by atoms with van der Waals surface area (Å²) in [6.45, 7) is 3.27. The molecule has 2 heterocycles. The fourth-order valence-corrected chi connectivity index (χ4v) is 3.96. The third-order valence-corrected chi connectivity index (χ3v) is 5.42. The van der Waals surface area contributed by atoms with Gasteiger partial charge in [0, 0.05) is 27.2 Å². The Hall–Kier alpha value is -1.86. The second-order valence-corrected chi connectivity index (χ2v) is 7.34. The number of hydrogen-bond donors (Lipinski definition) is 1. The summed E-state index contributed by atoms with van der Waals surface area (Å²) in [5.41, 5.74) is -0.434. The fraction of sp³-hybridized carbons (Fsp3) is 0.684. The van der Waals surface area contributed by atoms with Crippen LogP contribution in [0.15, 0.2) is 16.5 Å². The van der Waals surface area contributed by atoms with Crippen LogP contribution >= 0.6 is 0 Å². The van der Waals surface area contributed by atoms with E-state index >= 15 is 0 Å². The van der Waals surface area contributed by atoms with Gasteiger partial charge in [0.25, 0.3) is 5.91 Å². The van der Waals surface area contributed by atoms with Gasteiger partial charge in [-0.3, -0.25) is 14.5 Å². The molecule has 0 radical (unpaired) electrons. The molecular weight excluding hydrogens is 334 g/mol. The molecule has 0 atom stereocenters. The molecule has 2 aliphatic rings. The van der Waals surface area contributed by atoms with E-state index < -0.39 is 5.54 Å². The van der Waals surface area contributed by atoms with Crippen LogP contribution in [0, 0.1) is 0 Å². The molecule has 1 aliphatic carbocycles. The molecule has 0 aromatic carbocycles. The predicted octanol–water partition coefficient (Wildman–Crippen LogP) is 1.63. The standard InChI is InChI=1S/C19H29N3O4/c1-21(2)17(23)16-7-6-15(26-16)14-20-18(24)19(8-4-3-5-9-19)22-10-12-25-13-11-22/h6-7H,3-5,8-14H2,1-2H3,(H,20,24). The molecular formula is C19H29N3O4. The molecule has 7 nitrogen and oxygen atoms in total. The van der Waals surface area contributed by atoms with Crippen molar-refractivity contribution in [2.24, 2.45) is 0 Å². The molecule has 0 spiro atoms. The number of nitrogens with one attached hydrogen (secondary N) is 1. The summed E-state index contributed by atoms with van der Waals surface area (Å²) in [5, 5.41) is 3.05. The van der Waals surface area contributed by atoms with Crippen molar-refractivity contribution in [2.75, 3.05) is 40.4 Å². The summed E-state index contributed by atoms with van der Waals surface area (Å²) in [6.07, 6.45) is 5.12. The highest BCUT2D eigenvalue weighted by Crippen LogP contribution is 2.34. The van der Waals surface area contributed by atoms with Crippen LogP contribution in [0.2, 0.25) is 0 Å². The normalized spacial score (nSPS) is 20.5. The van der Waals surface area contributed by atoms with Gasteiger partial charge in [-0.05, 0) is 25.0 Å². The van der Waals surface area contributed by atoms with Crippen molar-refractivity contribution in [3.05, 3.63) is 23.7 Å². The molecule has 7 heteroatoms. The zero-order chi connectivity index (χ0) is 18.6. The minimum Gasteiger partial charge on any atom is -0.454 e. The van der Waals surface area contributed by atoms with E-state index in [9.17, 15) is 9.59 Å². The summed E-state index contributed by atoms with van der Waals surface area (Å²) in [6, 6.07) is 3.40. The lowest BCUT2D eigenvalue weighted by molar-refractivity contribution is -0.140. The molecule has 1 aromatic heterocycles. The highest BCUT2D eigenvalue weighted by Gasteiger charge is 2.44. The van der Waals surface area contributed by atoms with Crippen molar-refractivity contribution in [3.8, 4) is 0 Å². The Bertz CT molecular complexity index is 628. The molecule has 1 saturated heterocycles. The Morgan fingerprint density at radius 2 is 1.85 bits per heavy atom. The molecule has 1 aromatic rings. The Morgan fingerprint density at radius 3 is 2.50 bits per heavy atom. The molecule has 0 unspecified atom stereocenters. The van der Waals surface area contributed by atoms with Gasteiger partial charge in [-0.15, -0.1) is 0 Å². The highest BCUT2D eigenvalue weighted by atomic mass is 16.5. The monoisotopic (exact) mass is 363 g/mol. The quantitative estimate of drug-likeness (QED) is 0.861. The van der Waals surface area contributed by atoms with E-state index in [2.05, 4.69) is 10.2 Å². The van der Waals surface area contributed by atoms with E-state index in [0.29, 0.717) is 31.3 Å². The van der Waals surface area contributed by atoms with Crippen LogP contribution in [0.25, 0.3) is 0 Å². The maximum atomic E-state index is 13.1. The van der Waals surface area contributed by atoms with Crippen LogP contribution < -0.4 is 5.32 Å². The SMILES string of the molecule is CN(C)C(=O)c1ccc(CNC(=O)C2(N3CCOCC3)CCCCC2)o1. The van der Waals surface area contributed by atoms with E-state index in [-0.39, 0.29) is 11.8 Å². The highest BCUT2D eigenvalue weighted by molar-refractivity contribution is 5.91. The van der Waals surface area contributed by atoms with Gasteiger partial charge in [0.2, 0.25) is 5.91 Å². The number of rotatable bonds is 5. The molecule has 2 fully saturated rings. The number of ether oxygens (including phenoxy) is 1. The number of carbonyl (C=O) groups is 2. The van der Waals surface area contributed by atoms with Crippen molar-refractivity contribution in [3.63, 3.8) is 0 Å². The van der Waals surface area contributed by atoms with E-state index in [1.165, 1.54) is 11.3 Å². The number of nitrogens with zero attached hydrogens (tertiary/aromatic N) is 2. The van der Waals surface area contributed by atoms with Crippen LogP contribution in [0.5, 0.6) is 0 Å². The fourth-order valence-electron chi connectivity index (χ4n) is 3.96. The molecule has 2 amide bonds. The average molecular weight is 363 g/mol. The third kappa shape index (κ3) is 3.94. The molecule has 144 valence electrons. The average Bonchev–Trinajstić information content (AvgIpc) is 3.15. The van der Waals surface area contributed by atoms with Crippen molar-refractivity contribution in [1.82, 2.24) is 15.1 Å². The first-order valence-electron chi connectivity index (χ1n) is 9.44. The maximum absolute atomic E-state index is 13.1. The smallest absolute Gasteiger partial charge is 0.289 e. The second kappa shape index (κ2) is 8.22. The second-order valence-electron chi connectivity index (χ2n) is 7.34. The van der Waals surface area contributed by atoms with E-state index in [4.69, 9.17) is 9.15 Å². The van der Waals surface area contributed by atoms with E-state index in [1.54, 1.807) is 26.2 Å². The van der Waals surface area contributed by atoms with Crippen LogP contribution in [0.3, 0.4) is 0 Å². The number of hydrogen-bond acceptors (Lipinski definition) is 5. The summed E-state index contributed by atoms with van der Waals surface area (Å²) in [5.74, 6) is 0.770. The Kier molecular flexibility index (Phi) is 5.98. The number of carbonyl (C=O) groups excluding carboxylic acids is 2. The Balaban J connectivity index is 1.65. The van der Waals surface area contributed by atoms with Crippen molar-refractivity contribution >= 4 is 11.8 Å². The first-order chi connectivity index (χ1) is 12.5. The van der Waals surface area contributed by atoms with Crippen LogP contribution in [-0.4, -0.2) is 67.6 Å². The first-order valence-corrected chi connectivity index (χ1v) is 9.44. The van der Waals surface area contributed by atoms with Crippen molar-refractivity contribution < 1.29 is 18.7 Å². The number of morpholine rings is 1. The Morgan fingerprint density at radius 1 is 1.15 bits per heavy atom. The van der Waals surface area contributed by atoms with E-state index in [0.717, 1.165) is 38.8 Å². The molecule has 3 rings (SSSR count). The summed E-state index contributed by atoms with van der Waals surface area (Å²) in [7, 11) is 3.36. The van der Waals surface area contributed by atoms with Gasteiger partial charge in [0.1, 0.15) is 11.3 Å². The lowest BCUT2D eigenvalue weighted by Crippen LogP contribution is -2.62. The lowest BCUT2D eigenvalue weighted by Gasteiger charge is -2.46. The van der Waals surface area contributed by atoms with Crippen molar-refractivity contribution in [1.29, 1.82) is 0 Å². The van der Waals surface area contributed by atoms with Gasteiger partial charge in [0.05, 0.1) is 19.8 Å². The summed E-state index contributed by atoms with van der Waals surface area (Å²) >= 11 is 0. The maximum Gasteiger partial charge on any atom is 0.289 e.